The summed E-state index contributed by atoms with van der Waals surface area (Å²) in [4.78, 5) is 13.7. The number of hydrogen-bond donors (Lipinski definition) is 1. The minimum Gasteiger partial charge on any atom is -0.496 e. The first kappa shape index (κ1) is 20.6. The van der Waals surface area contributed by atoms with E-state index in [1.165, 1.54) is 11.3 Å². The molecule has 4 rings (SSSR count). The molecular weight excluding hydrogens is 410 g/mol. The van der Waals surface area contributed by atoms with Gasteiger partial charge in [0, 0.05) is 21.2 Å². The number of carbonyl (C=O) groups excluding carboxylic acids is 1. The lowest BCUT2D eigenvalue weighted by Gasteiger charge is -2.16. The summed E-state index contributed by atoms with van der Waals surface area (Å²) in [7, 11) is 1.55. The molecule has 1 atom stereocenters. The number of nitriles is 1. The third-order valence-electron chi connectivity index (χ3n) is 4.92. The van der Waals surface area contributed by atoms with E-state index in [4.69, 9.17) is 14.7 Å². The van der Waals surface area contributed by atoms with E-state index in [1.807, 2.05) is 36.4 Å². The van der Waals surface area contributed by atoms with Gasteiger partial charge in [0.2, 0.25) is 5.78 Å². The highest BCUT2D eigenvalue weighted by Gasteiger charge is 2.23. The molecule has 1 heterocycles. The Bertz CT molecular complexity index is 1270. The number of ketones is 1. The Morgan fingerprint density at radius 1 is 1.06 bits per heavy atom. The van der Waals surface area contributed by atoms with Crippen LogP contribution in [0.4, 0.5) is 0 Å². The maximum Gasteiger partial charge on any atom is 0.206 e. The lowest BCUT2D eigenvalue weighted by atomic mass is 10.1. The number of ether oxygens (including phenoxy) is 2. The first-order valence-corrected chi connectivity index (χ1v) is 10.4. The lowest BCUT2D eigenvalue weighted by Crippen LogP contribution is -2.12. The maximum atomic E-state index is 13.2. The standard InChI is InChI=1S/C25H19NO4S/c1-29-21-8-4-2-6-18(21)20(27)15-30-24-19-7-3-5-9-22(19)31-25(24)23(28)17-12-10-16(14-26)11-13-17/h2-13,20,27H,15H2,1H3. The number of rotatable bonds is 7. The highest BCUT2D eigenvalue weighted by atomic mass is 32.1. The molecular formula is C25H19NO4S. The van der Waals surface area contributed by atoms with E-state index >= 15 is 0 Å². The molecule has 154 valence electrons. The number of hydrogen-bond acceptors (Lipinski definition) is 6. The number of benzene rings is 3. The van der Waals surface area contributed by atoms with Crippen LogP contribution in [0.5, 0.6) is 11.5 Å². The Labute approximate surface area is 183 Å². The Hall–Kier alpha value is -3.66. The maximum absolute atomic E-state index is 13.2. The average Bonchev–Trinajstić information content (AvgIpc) is 3.20. The molecule has 0 saturated heterocycles. The van der Waals surface area contributed by atoms with Crippen LogP contribution < -0.4 is 9.47 Å². The largest absolute Gasteiger partial charge is 0.496 e. The van der Waals surface area contributed by atoms with E-state index in [1.54, 1.807) is 43.5 Å². The summed E-state index contributed by atoms with van der Waals surface area (Å²) in [6.07, 6.45) is -0.923. The van der Waals surface area contributed by atoms with Crippen molar-refractivity contribution < 1.29 is 19.4 Å². The zero-order valence-corrected chi connectivity index (χ0v) is 17.6. The quantitative estimate of drug-likeness (QED) is 0.412. The van der Waals surface area contributed by atoms with Crippen LogP contribution in [0.3, 0.4) is 0 Å². The van der Waals surface area contributed by atoms with Crippen molar-refractivity contribution in [3.8, 4) is 17.6 Å². The SMILES string of the molecule is COc1ccccc1C(O)COc1c(C(=O)c2ccc(C#N)cc2)sc2ccccc12. The molecule has 0 radical (unpaired) electrons. The predicted octanol–water partition coefficient (Wildman–Crippen LogP) is 5.12. The van der Waals surface area contributed by atoms with Crippen molar-refractivity contribution in [2.45, 2.75) is 6.10 Å². The summed E-state index contributed by atoms with van der Waals surface area (Å²) in [6, 6.07) is 23.4. The van der Waals surface area contributed by atoms with Gasteiger partial charge >= 0.3 is 0 Å². The van der Waals surface area contributed by atoms with Crippen molar-refractivity contribution in [3.05, 3.63) is 94.4 Å². The molecule has 6 heteroatoms. The third-order valence-corrected chi connectivity index (χ3v) is 6.07. The molecule has 3 aromatic carbocycles. The average molecular weight is 429 g/mol. The lowest BCUT2D eigenvalue weighted by molar-refractivity contribution is 0.0995. The molecule has 0 fully saturated rings. The summed E-state index contributed by atoms with van der Waals surface area (Å²) in [6.45, 7) is -0.0330. The monoisotopic (exact) mass is 429 g/mol. The number of aliphatic hydroxyl groups excluding tert-OH is 1. The number of aliphatic hydroxyl groups is 1. The third kappa shape index (κ3) is 4.15. The van der Waals surface area contributed by atoms with E-state index in [2.05, 4.69) is 6.07 Å². The van der Waals surface area contributed by atoms with Gasteiger partial charge in [0.15, 0.2) is 0 Å². The summed E-state index contributed by atoms with van der Waals surface area (Å²) in [5.41, 5.74) is 1.58. The number of nitrogens with zero attached hydrogens (tertiary/aromatic N) is 1. The van der Waals surface area contributed by atoms with Crippen LogP contribution in [-0.2, 0) is 0 Å². The van der Waals surface area contributed by atoms with E-state index in [0.717, 1.165) is 10.1 Å². The van der Waals surface area contributed by atoms with Gasteiger partial charge in [-0.2, -0.15) is 5.26 Å². The van der Waals surface area contributed by atoms with Gasteiger partial charge in [0.1, 0.15) is 29.1 Å². The fraction of sp³-hybridized carbons (Fsp3) is 0.120. The van der Waals surface area contributed by atoms with E-state index in [0.29, 0.717) is 33.1 Å². The number of carbonyl (C=O) groups is 1. The second-order valence-electron chi connectivity index (χ2n) is 6.84. The van der Waals surface area contributed by atoms with Crippen LogP contribution in [0.15, 0.2) is 72.8 Å². The van der Waals surface area contributed by atoms with Gasteiger partial charge < -0.3 is 14.6 Å². The molecule has 31 heavy (non-hydrogen) atoms. The number of para-hydroxylation sites is 1. The summed E-state index contributed by atoms with van der Waals surface area (Å²) in [5, 5.41) is 20.5. The Morgan fingerprint density at radius 2 is 1.77 bits per heavy atom. The molecule has 1 unspecified atom stereocenters. The molecule has 0 bridgehead atoms. The van der Waals surface area contributed by atoms with Crippen molar-refractivity contribution in [1.29, 1.82) is 5.26 Å². The van der Waals surface area contributed by atoms with E-state index < -0.39 is 6.10 Å². The van der Waals surface area contributed by atoms with Gasteiger partial charge in [-0.1, -0.05) is 30.3 Å². The molecule has 0 aliphatic rings. The van der Waals surface area contributed by atoms with Crippen molar-refractivity contribution in [1.82, 2.24) is 0 Å². The Kier molecular flexibility index (Phi) is 5.99. The fourth-order valence-electron chi connectivity index (χ4n) is 3.34. The van der Waals surface area contributed by atoms with Crippen LogP contribution in [-0.4, -0.2) is 24.6 Å². The fourth-order valence-corrected chi connectivity index (χ4v) is 4.44. The zero-order chi connectivity index (χ0) is 21.8. The minimum atomic E-state index is -0.923. The first-order chi connectivity index (χ1) is 15.1. The molecule has 0 spiro atoms. The van der Waals surface area contributed by atoms with E-state index in [9.17, 15) is 9.90 Å². The highest BCUT2D eigenvalue weighted by Crippen LogP contribution is 2.39. The number of fused-ring (bicyclic) bond motifs is 1. The summed E-state index contributed by atoms with van der Waals surface area (Å²) in [5.74, 6) is 0.832. The van der Waals surface area contributed by atoms with E-state index in [-0.39, 0.29) is 12.4 Å². The van der Waals surface area contributed by atoms with Gasteiger partial charge in [-0.05, 0) is 42.5 Å². The topological polar surface area (TPSA) is 79.5 Å². The molecule has 0 amide bonds. The molecule has 5 nitrogen and oxygen atoms in total. The van der Waals surface area contributed by atoms with Crippen molar-refractivity contribution >= 4 is 27.2 Å². The molecule has 1 N–H and O–H groups in total. The minimum absolute atomic E-state index is 0.0330. The van der Waals surface area contributed by atoms with Crippen LogP contribution in [0.1, 0.15) is 32.5 Å². The number of thiophene rings is 1. The second-order valence-corrected chi connectivity index (χ2v) is 7.90. The van der Waals surface area contributed by atoms with Gasteiger partial charge in [-0.15, -0.1) is 11.3 Å². The summed E-state index contributed by atoms with van der Waals surface area (Å²) < 4.78 is 12.3. The van der Waals surface area contributed by atoms with Gasteiger partial charge in [-0.3, -0.25) is 4.79 Å². The molecule has 0 aliphatic carbocycles. The highest BCUT2D eigenvalue weighted by molar-refractivity contribution is 7.21. The van der Waals surface area contributed by atoms with Gasteiger partial charge in [0.05, 0.1) is 18.7 Å². The van der Waals surface area contributed by atoms with Crippen molar-refractivity contribution in [3.63, 3.8) is 0 Å². The molecule has 0 saturated carbocycles. The van der Waals surface area contributed by atoms with Crippen LogP contribution in [0.2, 0.25) is 0 Å². The van der Waals surface area contributed by atoms with Gasteiger partial charge in [-0.25, -0.2) is 0 Å². The first-order valence-electron chi connectivity index (χ1n) is 9.62. The smallest absolute Gasteiger partial charge is 0.206 e. The Morgan fingerprint density at radius 3 is 2.52 bits per heavy atom. The molecule has 4 aromatic rings. The van der Waals surface area contributed by atoms with Crippen LogP contribution in [0, 0.1) is 11.3 Å². The van der Waals surface area contributed by atoms with Gasteiger partial charge in [0.25, 0.3) is 0 Å². The van der Waals surface area contributed by atoms with Crippen molar-refractivity contribution in [2.24, 2.45) is 0 Å². The molecule has 1 aromatic heterocycles. The predicted molar refractivity (Wildman–Crippen MR) is 120 cm³/mol. The number of methoxy groups -OCH3 is 1. The van der Waals surface area contributed by atoms with Crippen molar-refractivity contribution in [2.75, 3.05) is 13.7 Å². The zero-order valence-electron chi connectivity index (χ0n) is 16.7. The second kappa shape index (κ2) is 9.00. The normalized spacial score (nSPS) is 11.6. The van der Waals surface area contributed by atoms with Crippen LogP contribution >= 0.6 is 11.3 Å². The molecule has 0 aliphatic heterocycles. The summed E-state index contributed by atoms with van der Waals surface area (Å²) >= 11 is 1.35. The Balaban J connectivity index is 1.66. The van der Waals surface area contributed by atoms with Crippen LogP contribution in [0.25, 0.3) is 10.1 Å².